The van der Waals surface area contributed by atoms with Crippen molar-refractivity contribution in [1.82, 2.24) is 31.1 Å². The number of hydrogen-bond donors (Lipinski definition) is 4. The van der Waals surface area contributed by atoms with Crippen LogP contribution in [0.5, 0.6) is 5.75 Å². The minimum Gasteiger partial charge on any atom is -0.491 e. The molecule has 1 aromatic rings. The Balaban J connectivity index is 2.30. The Labute approximate surface area is 242 Å². The van der Waals surface area contributed by atoms with Crippen molar-refractivity contribution >= 4 is 29.5 Å². The maximum absolute atomic E-state index is 13.3. The molecule has 0 aliphatic carbocycles. The van der Waals surface area contributed by atoms with Crippen molar-refractivity contribution < 1.29 is 28.7 Å². The highest BCUT2D eigenvalue weighted by molar-refractivity contribution is 6.00. The Morgan fingerprint density at radius 3 is 2.51 bits per heavy atom. The molecule has 3 atom stereocenters. The third-order valence-electron chi connectivity index (χ3n) is 6.68. The lowest BCUT2D eigenvalue weighted by Gasteiger charge is -2.24. The number of nitrogens with one attached hydrogen (secondary N) is 4. The van der Waals surface area contributed by atoms with Gasteiger partial charge in [0.2, 0.25) is 23.6 Å². The maximum atomic E-state index is 13.3. The molecular formula is C29H46N6O6. The normalized spacial score (nSPS) is 22.0. The van der Waals surface area contributed by atoms with Crippen molar-refractivity contribution in [3.63, 3.8) is 0 Å². The Hall–Kier alpha value is -3.67. The summed E-state index contributed by atoms with van der Waals surface area (Å²) < 4.78 is 5.89. The van der Waals surface area contributed by atoms with E-state index in [9.17, 15) is 24.0 Å². The molecule has 0 aromatic heterocycles. The van der Waals surface area contributed by atoms with Gasteiger partial charge in [-0.3, -0.25) is 24.0 Å². The van der Waals surface area contributed by atoms with Gasteiger partial charge in [0.1, 0.15) is 24.4 Å². The second-order valence-corrected chi connectivity index (χ2v) is 11.1. The first kappa shape index (κ1) is 33.5. The van der Waals surface area contributed by atoms with E-state index in [1.807, 2.05) is 32.8 Å². The molecule has 0 radical (unpaired) electrons. The predicted molar refractivity (Wildman–Crippen MR) is 155 cm³/mol. The molecule has 41 heavy (non-hydrogen) atoms. The molecule has 0 bridgehead atoms. The van der Waals surface area contributed by atoms with E-state index in [-0.39, 0.29) is 60.9 Å². The number of fused-ring (bicyclic) bond motifs is 1. The number of amides is 5. The average molecular weight is 575 g/mol. The summed E-state index contributed by atoms with van der Waals surface area (Å²) in [6, 6.07) is 4.31. The minimum absolute atomic E-state index is 0.0634. The zero-order valence-electron chi connectivity index (χ0n) is 25.1. The van der Waals surface area contributed by atoms with Crippen molar-refractivity contribution in [3.8, 4) is 5.75 Å². The zero-order chi connectivity index (χ0) is 30.5. The first-order valence-electron chi connectivity index (χ1n) is 14.2. The smallest absolute Gasteiger partial charge is 0.255 e. The van der Waals surface area contributed by atoms with Gasteiger partial charge < -0.3 is 35.8 Å². The van der Waals surface area contributed by atoms with Crippen molar-refractivity contribution in [2.24, 2.45) is 5.92 Å². The quantitative estimate of drug-likeness (QED) is 0.362. The molecule has 4 N–H and O–H groups in total. The van der Waals surface area contributed by atoms with Gasteiger partial charge in [-0.05, 0) is 58.5 Å². The van der Waals surface area contributed by atoms with E-state index in [2.05, 4.69) is 21.3 Å². The number of ether oxygens (including phenoxy) is 1. The molecule has 0 spiro atoms. The van der Waals surface area contributed by atoms with Crippen LogP contribution in [0.25, 0.3) is 0 Å². The van der Waals surface area contributed by atoms with Crippen LogP contribution in [-0.4, -0.2) is 105 Å². The number of nitrogens with zero attached hydrogens (tertiary/aromatic N) is 2. The topological polar surface area (TPSA) is 149 Å². The molecule has 1 heterocycles. The van der Waals surface area contributed by atoms with Gasteiger partial charge >= 0.3 is 0 Å². The first-order valence-corrected chi connectivity index (χ1v) is 14.2. The van der Waals surface area contributed by atoms with Crippen LogP contribution < -0.4 is 26.0 Å². The summed E-state index contributed by atoms with van der Waals surface area (Å²) in [7, 11) is 5.46. The number of para-hydroxylation sites is 1. The molecule has 5 amide bonds. The lowest BCUT2D eigenvalue weighted by atomic mass is 10.0. The molecule has 0 saturated heterocycles. The van der Waals surface area contributed by atoms with Gasteiger partial charge in [0.05, 0.1) is 18.0 Å². The van der Waals surface area contributed by atoms with Gasteiger partial charge in [0.25, 0.3) is 5.91 Å². The highest BCUT2D eigenvalue weighted by Crippen LogP contribution is 2.19. The van der Waals surface area contributed by atoms with E-state index < -0.39 is 29.9 Å². The van der Waals surface area contributed by atoms with Crippen molar-refractivity contribution in [1.29, 1.82) is 0 Å². The van der Waals surface area contributed by atoms with Crippen LogP contribution >= 0.6 is 0 Å². The number of carbonyl (C=O) groups excluding carboxylic acids is 5. The van der Waals surface area contributed by atoms with Gasteiger partial charge in [-0.1, -0.05) is 26.0 Å². The van der Waals surface area contributed by atoms with Gasteiger partial charge in [-0.15, -0.1) is 0 Å². The summed E-state index contributed by atoms with van der Waals surface area (Å²) >= 11 is 0. The van der Waals surface area contributed by atoms with E-state index in [1.54, 1.807) is 38.2 Å². The molecule has 12 nitrogen and oxygen atoms in total. The summed E-state index contributed by atoms with van der Waals surface area (Å²) in [6.07, 6.45) is 0.945. The monoisotopic (exact) mass is 574 g/mol. The molecule has 1 aliphatic heterocycles. The summed E-state index contributed by atoms with van der Waals surface area (Å²) in [5, 5.41) is 11.2. The fraction of sp³-hybridized carbons (Fsp3) is 0.621. The standard InChI is InChI=1S/C29H46N6O6/c1-19(2)26-29(40)31-20(3)18-41-23-12-8-7-11-21(23)27(38)32-22(28(39)30-14-10-15-34(4)5)17-25(37)35(6)16-9-13-24(36)33-26/h7-8,11-12,19-20,22,26H,9-10,13-18H2,1-6H3,(H,30,39)(H,31,40)(H,32,38)(H,33,36)/t20-,22-,26+/m0/s1. The minimum atomic E-state index is -1.11. The third-order valence-corrected chi connectivity index (χ3v) is 6.68. The van der Waals surface area contributed by atoms with Gasteiger partial charge in [-0.2, -0.15) is 0 Å². The fourth-order valence-electron chi connectivity index (χ4n) is 4.26. The second-order valence-electron chi connectivity index (χ2n) is 11.1. The van der Waals surface area contributed by atoms with E-state index in [0.29, 0.717) is 19.4 Å². The lowest BCUT2D eigenvalue weighted by molar-refractivity contribution is -0.134. The van der Waals surface area contributed by atoms with E-state index >= 15 is 0 Å². The third kappa shape index (κ3) is 11.4. The first-order chi connectivity index (χ1) is 19.4. The van der Waals surface area contributed by atoms with Crippen LogP contribution in [0.2, 0.25) is 0 Å². The zero-order valence-corrected chi connectivity index (χ0v) is 25.1. The van der Waals surface area contributed by atoms with Crippen molar-refractivity contribution in [2.45, 2.75) is 64.6 Å². The van der Waals surface area contributed by atoms with Crippen LogP contribution in [0.4, 0.5) is 0 Å². The van der Waals surface area contributed by atoms with Gasteiger partial charge in [0.15, 0.2) is 0 Å². The van der Waals surface area contributed by atoms with Gasteiger partial charge in [0, 0.05) is 26.6 Å². The molecule has 1 aromatic carbocycles. The van der Waals surface area contributed by atoms with Gasteiger partial charge in [-0.25, -0.2) is 0 Å². The van der Waals surface area contributed by atoms with Crippen LogP contribution in [0.3, 0.4) is 0 Å². The Morgan fingerprint density at radius 1 is 1.12 bits per heavy atom. The largest absolute Gasteiger partial charge is 0.491 e. The van der Waals surface area contributed by atoms with Crippen LogP contribution in [-0.2, 0) is 19.2 Å². The number of rotatable bonds is 6. The summed E-state index contributed by atoms with van der Waals surface area (Å²) in [6.45, 7) is 6.95. The average Bonchev–Trinajstić information content (AvgIpc) is 2.91. The molecule has 0 unspecified atom stereocenters. The molecular weight excluding hydrogens is 528 g/mol. The summed E-state index contributed by atoms with van der Waals surface area (Å²) in [5.74, 6) is -1.88. The second kappa shape index (κ2) is 16.6. The van der Waals surface area contributed by atoms with E-state index in [1.165, 1.54) is 4.90 Å². The maximum Gasteiger partial charge on any atom is 0.255 e. The SMILES string of the molecule is CC(C)[C@H]1NC(=O)CCCN(C)C(=O)C[C@@H](C(=O)NCCCN(C)C)NC(=O)c2ccccc2OC[C@H](C)NC1=O. The van der Waals surface area contributed by atoms with Crippen molar-refractivity contribution in [3.05, 3.63) is 29.8 Å². The molecule has 0 saturated carbocycles. The molecule has 12 heteroatoms. The number of hydrogen-bond acceptors (Lipinski definition) is 7. The van der Waals surface area contributed by atoms with E-state index in [4.69, 9.17) is 4.74 Å². The van der Waals surface area contributed by atoms with Crippen LogP contribution in [0, 0.1) is 5.92 Å². The molecule has 0 fully saturated rings. The fourth-order valence-corrected chi connectivity index (χ4v) is 4.26. The predicted octanol–water partition coefficient (Wildman–Crippen LogP) is 0.520. The molecule has 2 rings (SSSR count). The van der Waals surface area contributed by atoms with Crippen molar-refractivity contribution in [2.75, 3.05) is 47.4 Å². The molecule has 228 valence electrons. The highest BCUT2D eigenvalue weighted by Gasteiger charge is 2.28. The number of carbonyl (C=O) groups is 5. The summed E-state index contributed by atoms with van der Waals surface area (Å²) in [5.41, 5.74) is 0.197. The summed E-state index contributed by atoms with van der Waals surface area (Å²) in [4.78, 5) is 68.4. The Bertz CT molecular complexity index is 1060. The lowest BCUT2D eigenvalue weighted by Crippen LogP contribution is -2.52. The Kier molecular flexibility index (Phi) is 13.5. The van der Waals surface area contributed by atoms with Crippen LogP contribution in [0.15, 0.2) is 24.3 Å². The number of benzene rings is 1. The Morgan fingerprint density at radius 2 is 1.83 bits per heavy atom. The van der Waals surface area contributed by atoms with E-state index in [0.717, 1.165) is 6.54 Å². The highest BCUT2D eigenvalue weighted by atomic mass is 16.5. The molecule has 1 aliphatic rings. The van der Waals surface area contributed by atoms with Crippen LogP contribution in [0.1, 0.15) is 56.8 Å².